The van der Waals surface area contributed by atoms with Crippen LogP contribution in [0.15, 0.2) is 48.5 Å². The first-order valence-electron chi connectivity index (χ1n) is 11.1. The molecule has 1 aromatic carbocycles. The lowest BCUT2D eigenvalue weighted by molar-refractivity contribution is 0.0515. The van der Waals surface area contributed by atoms with E-state index in [1.165, 1.54) is 11.3 Å². The second-order valence-corrected chi connectivity index (χ2v) is 8.04. The van der Waals surface area contributed by atoms with E-state index in [0.29, 0.717) is 18.8 Å². The third-order valence-electron chi connectivity index (χ3n) is 5.69. The van der Waals surface area contributed by atoms with Crippen LogP contribution in [0.2, 0.25) is 0 Å². The summed E-state index contributed by atoms with van der Waals surface area (Å²) in [5.74, 6) is -0.323. The average Bonchev–Trinajstić information content (AvgIpc) is 3.13. The van der Waals surface area contributed by atoms with Crippen LogP contribution in [0.4, 0.5) is 0 Å². The maximum atomic E-state index is 12.6. The van der Waals surface area contributed by atoms with E-state index in [9.17, 15) is 4.79 Å². The number of pyridine rings is 1. The number of esters is 1. The lowest BCUT2D eigenvalue weighted by Crippen LogP contribution is -2.31. The summed E-state index contributed by atoms with van der Waals surface area (Å²) in [5.41, 5.74) is 6.05. The lowest BCUT2D eigenvalue weighted by Gasteiger charge is -2.27. The van der Waals surface area contributed by atoms with Crippen LogP contribution in [-0.2, 0) is 37.2 Å². The molecule has 0 fully saturated rings. The summed E-state index contributed by atoms with van der Waals surface area (Å²) in [6.07, 6.45) is 2.85. The van der Waals surface area contributed by atoms with Crippen molar-refractivity contribution in [3.05, 3.63) is 82.4 Å². The van der Waals surface area contributed by atoms with Gasteiger partial charge in [0, 0.05) is 49.6 Å². The Labute approximate surface area is 183 Å². The Morgan fingerprint density at radius 1 is 1.13 bits per heavy atom. The van der Waals surface area contributed by atoms with Gasteiger partial charge in [-0.1, -0.05) is 36.4 Å². The minimum Gasteiger partial charge on any atom is -0.461 e. The van der Waals surface area contributed by atoms with Gasteiger partial charge in [0.2, 0.25) is 0 Å². The molecule has 162 valence electrons. The molecule has 0 saturated heterocycles. The summed E-state index contributed by atoms with van der Waals surface area (Å²) in [4.78, 5) is 19.6. The monoisotopic (exact) mass is 418 g/mol. The highest BCUT2D eigenvalue weighted by atomic mass is 16.5. The van der Waals surface area contributed by atoms with Crippen LogP contribution in [0, 0.1) is 6.92 Å². The molecule has 2 aromatic heterocycles. The van der Waals surface area contributed by atoms with Crippen molar-refractivity contribution in [3.8, 4) is 0 Å². The zero-order valence-corrected chi connectivity index (χ0v) is 18.4. The van der Waals surface area contributed by atoms with Crippen LogP contribution in [0.1, 0.15) is 52.0 Å². The number of fused-ring (bicyclic) bond motifs is 1. The first-order chi connectivity index (χ1) is 15.1. The summed E-state index contributed by atoms with van der Waals surface area (Å²) < 4.78 is 7.34. The van der Waals surface area contributed by atoms with Gasteiger partial charge in [0.1, 0.15) is 0 Å². The number of aryl methyl sites for hydroxylation is 3. The molecule has 0 radical (unpaired) electrons. The SMILES string of the molecule is CCOC(=O)c1nn(CCCc2ccccc2)c2c1CN(Cc1cccc(C)n1)CC2. The molecule has 6 nitrogen and oxygen atoms in total. The molecule has 6 heteroatoms. The first kappa shape index (κ1) is 21.2. The molecule has 1 aliphatic heterocycles. The largest absolute Gasteiger partial charge is 0.461 e. The van der Waals surface area contributed by atoms with Crippen LogP contribution in [0.5, 0.6) is 0 Å². The van der Waals surface area contributed by atoms with Crippen LogP contribution in [0.25, 0.3) is 0 Å². The second kappa shape index (κ2) is 9.88. The fraction of sp³-hybridized carbons (Fsp3) is 0.400. The van der Waals surface area contributed by atoms with Gasteiger partial charge in [-0.2, -0.15) is 5.10 Å². The van der Waals surface area contributed by atoms with E-state index < -0.39 is 0 Å². The van der Waals surface area contributed by atoms with Crippen molar-refractivity contribution in [3.63, 3.8) is 0 Å². The van der Waals surface area contributed by atoms with E-state index in [0.717, 1.165) is 55.8 Å². The van der Waals surface area contributed by atoms with Gasteiger partial charge >= 0.3 is 5.97 Å². The Morgan fingerprint density at radius 2 is 1.97 bits per heavy atom. The summed E-state index contributed by atoms with van der Waals surface area (Å²) in [6.45, 7) is 7.38. The number of carbonyl (C=O) groups is 1. The Kier molecular flexibility index (Phi) is 6.77. The molecule has 0 unspecified atom stereocenters. The highest BCUT2D eigenvalue weighted by Crippen LogP contribution is 2.25. The zero-order valence-electron chi connectivity index (χ0n) is 18.4. The minimum atomic E-state index is -0.323. The molecule has 0 aliphatic carbocycles. The third-order valence-corrected chi connectivity index (χ3v) is 5.69. The van der Waals surface area contributed by atoms with Gasteiger partial charge in [-0.05, 0) is 44.4 Å². The van der Waals surface area contributed by atoms with E-state index in [4.69, 9.17) is 9.84 Å². The summed E-state index contributed by atoms with van der Waals surface area (Å²) in [7, 11) is 0. The smallest absolute Gasteiger partial charge is 0.359 e. The fourth-order valence-corrected chi connectivity index (χ4v) is 4.22. The number of ether oxygens (including phenoxy) is 1. The number of rotatable bonds is 8. The molecule has 3 aromatic rings. The second-order valence-electron chi connectivity index (χ2n) is 8.04. The summed E-state index contributed by atoms with van der Waals surface area (Å²) >= 11 is 0. The van der Waals surface area contributed by atoms with Crippen molar-refractivity contribution in [2.24, 2.45) is 0 Å². The summed E-state index contributed by atoms with van der Waals surface area (Å²) in [6, 6.07) is 16.6. The molecular weight excluding hydrogens is 388 g/mol. The maximum absolute atomic E-state index is 12.6. The van der Waals surface area contributed by atoms with Gasteiger partial charge < -0.3 is 4.74 Å². The van der Waals surface area contributed by atoms with Crippen molar-refractivity contribution < 1.29 is 9.53 Å². The predicted molar refractivity (Wildman–Crippen MR) is 120 cm³/mol. The molecule has 0 spiro atoms. The quantitative estimate of drug-likeness (QED) is 0.519. The molecule has 0 bridgehead atoms. The van der Waals surface area contributed by atoms with E-state index in [1.54, 1.807) is 0 Å². The number of aromatic nitrogens is 3. The normalized spacial score (nSPS) is 13.7. The van der Waals surface area contributed by atoms with Crippen molar-refractivity contribution in [2.45, 2.75) is 52.7 Å². The molecule has 4 rings (SSSR count). The van der Waals surface area contributed by atoms with E-state index >= 15 is 0 Å². The predicted octanol–water partition coefficient (Wildman–Crippen LogP) is 3.95. The van der Waals surface area contributed by atoms with E-state index in [1.807, 2.05) is 36.7 Å². The first-order valence-corrected chi connectivity index (χ1v) is 11.1. The summed E-state index contributed by atoms with van der Waals surface area (Å²) in [5, 5.41) is 4.70. The zero-order chi connectivity index (χ0) is 21.6. The van der Waals surface area contributed by atoms with Crippen LogP contribution >= 0.6 is 0 Å². The standard InChI is InChI=1S/C25H30N4O2/c1-3-31-25(30)24-22-18-28(17-21-13-7-9-19(2)26-21)16-14-23(22)29(27-24)15-8-12-20-10-5-4-6-11-20/h4-7,9-11,13H,3,8,12,14-18H2,1-2H3. The van der Waals surface area contributed by atoms with E-state index in [2.05, 4.69) is 40.2 Å². The number of nitrogens with zero attached hydrogens (tertiary/aromatic N) is 4. The van der Waals surface area contributed by atoms with Gasteiger partial charge in [0.05, 0.1) is 12.3 Å². The topological polar surface area (TPSA) is 60.2 Å². The van der Waals surface area contributed by atoms with Gasteiger partial charge in [-0.25, -0.2) is 4.79 Å². The van der Waals surface area contributed by atoms with Crippen molar-refractivity contribution in [2.75, 3.05) is 13.2 Å². The molecule has 31 heavy (non-hydrogen) atoms. The third kappa shape index (κ3) is 5.20. The van der Waals surface area contributed by atoms with Crippen LogP contribution in [-0.4, -0.2) is 38.8 Å². The van der Waals surface area contributed by atoms with Crippen LogP contribution in [0.3, 0.4) is 0 Å². The highest BCUT2D eigenvalue weighted by Gasteiger charge is 2.28. The number of hydrogen-bond acceptors (Lipinski definition) is 5. The molecule has 0 N–H and O–H groups in total. The van der Waals surface area contributed by atoms with Crippen LogP contribution < -0.4 is 0 Å². The Morgan fingerprint density at radius 3 is 2.74 bits per heavy atom. The molecule has 1 aliphatic rings. The Hall–Kier alpha value is -2.99. The molecular formula is C25H30N4O2. The molecule has 3 heterocycles. The lowest BCUT2D eigenvalue weighted by atomic mass is 10.0. The van der Waals surface area contributed by atoms with Gasteiger partial charge in [0.25, 0.3) is 0 Å². The molecule has 0 atom stereocenters. The van der Waals surface area contributed by atoms with Crippen molar-refractivity contribution >= 4 is 5.97 Å². The molecule has 0 saturated carbocycles. The minimum absolute atomic E-state index is 0.323. The van der Waals surface area contributed by atoms with E-state index in [-0.39, 0.29) is 5.97 Å². The van der Waals surface area contributed by atoms with Gasteiger partial charge in [-0.3, -0.25) is 14.6 Å². The average molecular weight is 419 g/mol. The Balaban J connectivity index is 1.50. The van der Waals surface area contributed by atoms with Crippen molar-refractivity contribution in [1.82, 2.24) is 19.7 Å². The van der Waals surface area contributed by atoms with Crippen molar-refractivity contribution in [1.29, 1.82) is 0 Å². The number of hydrogen-bond donors (Lipinski definition) is 0. The number of benzene rings is 1. The fourth-order valence-electron chi connectivity index (χ4n) is 4.22. The van der Waals surface area contributed by atoms with Gasteiger partial charge in [-0.15, -0.1) is 0 Å². The maximum Gasteiger partial charge on any atom is 0.359 e. The highest BCUT2D eigenvalue weighted by molar-refractivity contribution is 5.89. The number of carbonyl (C=O) groups excluding carboxylic acids is 1. The van der Waals surface area contributed by atoms with Gasteiger partial charge in [0.15, 0.2) is 5.69 Å². The molecule has 0 amide bonds. The Bertz CT molecular complexity index is 1030.